The molecule has 1 aromatic heterocycles. The summed E-state index contributed by atoms with van der Waals surface area (Å²) in [5.41, 5.74) is 2.12. The number of ether oxygens (including phenoxy) is 1. The topological polar surface area (TPSA) is 49.8 Å². The van der Waals surface area contributed by atoms with E-state index in [0.29, 0.717) is 13.1 Å². The van der Waals surface area contributed by atoms with Crippen molar-refractivity contribution < 1.29 is 4.74 Å². The maximum absolute atomic E-state index is 6.02. The first-order valence-corrected chi connectivity index (χ1v) is 8.92. The van der Waals surface area contributed by atoms with Crippen molar-refractivity contribution in [2.45, 2.75) is 26.1 Å². The molecule has 0 aliphatic rings. The van der Waals surface area contributed by atoms with E-state index in [4.69, 9.17) is 16.3 Å². The number of thiazole rings is 1. The molecule has 0 saturated carbocycles. The van der Waals surface area contributed by atoms with Gasteiger partial charge in [0, 0.05) is 38.2 Å². The van der Waals surface area contributed by atoms with Crippen molar-refractivity contribution in [3.05, 3.63) is 50.9 Å². The number of benzene rings is 1. The Morgan fingerprint density at radius 2 is 2.24 bits per heavy atom. The third-order valence-electron chi connectivity index (χ3n) is 3.58. The zero-order valence-electron chi connectivity index (χ0n) is 14.8. The van der Waals surface area contributed by atoms with Crippen molar-refractivity contribution in [1.29, 1.82) is 0 Å². The van der Waals surface area contributed by atoms with Crippen LogP contribution in [0.3, 0.4) is 0 Å². The first-order valence-electron chi connectivity index (χ1n) is 7.66. The van der Waals surface area contributed by atoms with E-state index in [1.165, 1.54) is 0 Å². The van der Waals surface area contributed by atoms with Crippen molar-refractivity contribution in [2.75, 3.05) is 21.2 Å². The summed E-state index contributed by atoms with van der Waals surface area (Å²) in [6, 6.07) is 7.79. The monoisotopic (exact) mass is 494 g/mol. The molecule has 1 unspecified atom stereocenters. The van der Waals surface area contributed by atoms with E-state index in [9.17, 15) is 0 Å². The number of nitrogens with one attached hydrogen (secondary N) is 1. The van der Waals surface area contributed by atoms with Crippen LogP contribution in [0.15, 0.2) is 34.6 Å². The molecule has 1 N–H and O–H groups in total. The van der Waals surface area contributed by atoms with Gasteiger partial charge in [0.15, 0.2) is 5.96 Å². The van der Waals surface area contributed by atoms with E-state index in [1.807, 2.05) is 43.1 Å². The van der Waals surface area contributed by atoms with Crippen LogP contribution < -0.4 is 5.32 Å². The molecule has 1 heterocycles. The summed E-state index contributed by atoms with van der Waals surface area (Å²) in [5, 5.41) is 7.13. The molecule has 8 heteroatoms. The quantitative estimate of drug-likeness (QED) is 0.369. The van der Waals surface area contributed by atoms with Gasteiger partial charge in [-0.25, -0.2) is 4.98 Å². The SMILES string of the molecule is CN=C(NCc1cccc(Cl)c1)N(C)Cc1csc(C(C)OC)n1.I. The molecule has 0 saturated heterocycles. The fourth-order valence-corrected chi connectivity index (χ4v) is 3.27. The third-order valence-corrected chi connectivity index (χ3v) is 4.87. The lowest BCUT2D eigenvalue weighted by Gasteiger charge is -2.21. The largest absolute Gasteiger partial charge is 0.375 e. The summed E-state index contributed by atoms with van der Waals surface area (Å²) in [5.74, 6) is 0.810. The summed E-state index contributed by atoms with van der Waals surface area (Å²) in [6.45, 7) is 3.35. The minimum atomic E-state index is 0. The zero-order valence-corrected chi connectivity index (χ0v) is 18.7. The highest BCUT2D eigenvalue weighted by Crippen LogP contribution is 2.21. The van der Waals surface area contributed by atoms with E-state index in [2.05, 4.69) is 20.7 Å². The molecule has 138 valence electrons. The van der Waals surface area contributed by atoms with Gasteiger partial charge >= 0.3 is 0 Å². The van der Waals surface area contributed by atoms with E-state index in [-0.39, 0.29) is 30.1 Å². The number of methoxy groups -OCH3 is 1. The Labute approximate surface area is 175 Å². The highest BCUT2D eigenvalue weighted by molar-refractivity contribution is 14.0. The maximum Gasteiger partial charge on any atom is 0.194 e. The molecule has 0 radical (unpaired) electrons. The second-order valence-corrected chi connectivity index (χ2v) is 6.77. The molecule has 0 spiro atoms. The molecule has 1 atom stereocenters. The van der Waals surface area contributed by atoms with Gasteiger partial charge in [0.1, 0.15) is 11.1 Å². The molecular formula is C17H24ClIN4OS. The average molecular weight is 495 g/mol. The molecule has 2 aromatic rings. The van der Waals surface area contributed by atoms with Crippen molar-refractivity contribution in [3.63, 3.8) is 0 Å². The Kier molecular flexibility index (Phi) is 9.70. The van der Waals surface area contributed by atoms with Crippen molar-refractivity contribution in [3.8, 4) is 0 Å². The summed E-state index contributed by atoms with van der Waals surface area (Å²) < 4.78 is 5.31. The summed E-state index contributed by atoms with van der Waals surface area (Å²) in [4.78, 5) is 11.0. The van der Waals surface area contributed by atoms with Crippen molar-refractivity contribution in [2.24, 2.45) is 4.99 Å². The fraction of sp³-hybridized carbons (Fsp3) is 0.412. The Balaban J connectivity index is 0.00000312. The molecule has 0 aliphatic heterocycles. The summed E-state index contributed by atoms with van der Waals surface area (Å²) in [6.07, 6.45) is 0.0225. The zero-order chi connectivity index (χ0) is 17.5. The minimum Gasteiger partial charge on any atom is -0.375 e. The molecular weight excluding hydrogens is 471 g/mol. The third kappa shape index (κ3) is 6.73. The Hall–Kier alpha value is -0.900. The molecule has 5 nitrogen and oxygen atoms in total. The van der Waals surface area contributed by atoms with Gasteiger partial charge in [0.2, 0.25) is 0 Å². The fourth-order valence-electron chi connectivity index (χ4n) is 2.21. The van der Waals surface area contributed by atoms with E-state index in [1.54, 1.807) is 25.5 Å². The highest BCUT2D eigenvalue weighted by atomic mass is 127. The predicted molar refractivity (Wildman–Crippen MR) is 116 cm³/mol. The number of aromatic nitrogens is 1. The van der Waals surface area contributed by atoms with Gasteiger partial charge in [-0.05, 0) is 24.6 Å². The van der Waals surface area contributed by atoms with E-state index >= 15 is 0 Å². The lowest BCUT2D eigenvalue weighted by Crippen LogP contribution is -2.38. The number of aliphatic imine (C=N–C) groups is 1. The molecule has 0 amide bonds. The average Bonchev–Trinajstić information content (AvgIpc) is 3.03. The number of guanidine groups is 1. The van der Waals surface area contributed by atoms with Gasteiger partial charge in [0.05, 0.1) is 12.2 Å². The van der Waals surface area contributed by atoms with Crippen LogP contribution in [0.4, 0.5) is 0 Å². The van der Waals surface area contributed by atoms with Crippen LogP contribution in [0.5, 0.6) is 0 Å². The number of rotatable bonds is 6. The van der Waals surface area contributed by atoms with E-state index in [0.717, 1.165) is 27.2 Å². The Morgan fingerprint density at radius 3 is 2.88 bits per heavy atom. The Morgan fingerprint density at radius 1 is 1.48 bits per heavy atom. The summed E-state index contributed by atoms with van der Waals surface area (Å²) >= 11 is 7.64. The molecule has 2 rings (SSSR count). The number of hydrogen-bond acceptors (Lipinski definition) is 4. The van der Waals surface area contributed by atoms with Crippen LogP contribution in [0, 0.1) is 0 Å². The molecule has 0 fully saturated rings. The minimum absolute atomic E-state index is 0. The number of halogens is 2. The van der Waals surface area contributed by atoms with Gasteiger partial charge in [-0.2, -0.15) is 0 Å². The first-order chi connectivity index (χ1) is 11.5. The second-order valence-electron chi connectivity index (χ2n) is 5.44. The summed E-state index contributed by atoms with van der Waals surface area (Å²) in [7, 11) is 5.46. The van der Waals surface area contributed by atoms with E-state index < -0.39 is 0 Å². The van der Waals surface area contributed by atoms with Crippen molar-refractivity contribution in [1.82, 2.24) is 15.2 Å². The van der Waals surface area contributed by atoms with Crippen molar-refractivity contribution >= 4 is 52.9 Å². The van der Waals surface area contributed by atoms with Gasteiger partial charge < -0.3 is 15.0 Å². The van der Waals surface area contributed by atoms with Gasteiger partial charge in [-0.15, -0.1) is 35.3 Å². The first kappa shape index (κ1) is 22.1. The van der Waals surface area contributed by atoms with Crippen LogP contribution in [-0.2, 0) is 17.8 Å². The predicted octanol–water partition coefficient (Wildman–Crippen LogP) is 4.33. The van der Waals surface area contributed by atoms with Gasteiger partial charge in [-0.1, -0.05) is 23.7 Å². The number of hydrogen-bond donors (Lipinski definition) is 1. The highest BCUT2D eigenvalue weighted by Gasteiger charge is 2.12. The molecule has 0 bridgehead atoms. The lowest BCUT2D eigenvalue weighted by atomic mass is 10.2. The lowest BCUT2D eigenvalue weighted by molar-refractivity contribution is 0.119. The van der Waals surface area contributed by atoms with Gasteiger partial charge in [-0.3, -0.25) is 4.99 Å². The molecule has 0 aliphatic carbocycles. The van der Waals surface area contributed by atoms with Crippen LogP contribution in [0.25, 0.3) is 0 Å². The standard InChI is InChI=1S/C17H23ClN4OS.HI/c1-12(23-4)16-21-15(11-24-16)10-22(3)17(19-2)20-9-13-6-5-7-14(18)8-13;/h5-8,11-12H,9-10H2,1-4H3,(H,19,20);1H. The van der Waals surface area contributed by atoms with Crippen LogP contribution in [0.1, 0.15) is 29.3 Å². The molecule has 25 heavy (non-hydrogen) atoms. The van der Waals surface area contributed by atoms with Crippen LogP contribution in [0.2, 0.25) is 5.02 Å². The smallest absolute Gasteiger partial charge is 0.194 e. The van der Waals surface area contributed by atoms with Crippen LogP contribution in [-0.4, -0.2) is 37.0 Å². The van der Waals surface area contributed by atoms with Gasteiger partial charge in [0.25, 0.3) is 0 Å². The normalized spacial score (nSPS) is 12.4. The molecule has 1 aromatic carbocycles. The second kappa shape index (κ2) is 10.9. The van der Waals surface area contributed by atoms with Crippen LogP contribution >= 0.6 is 46.9 Å². The number of nitrogens with zero attached hydrogens (tertiary/aromatic N) is 3. The maximum atomic E-state index is 6.02. The Bertz CT molecular complexity index is 695.